The predicted octanol–water partition coefficient (Wildman–Crippen LogP) is 0.484. The Bertz CT molecular complexity index is 233. The summed E-state index contributed by atoms with van der Waals surface area (Å²) in [6.45, 7) is 0. The molecule has 0 radical (unpaired) electrons. The van der Waals surface area contributed by atoms with Crippen molar-refractivity contribution in [3.05, 3.63) is 22.5 Å². The Balaban J connectivity index is 3.08. The minimum atomic E-state index is -0.604. The molecule has 0 atom stereocenters. The number of nitro groups is 1. The van der Waals surface area contributed by atoms with Crippen LogP contribution in [0.15, 0.2) is 12.4 Å². The van der Waals surface area contributed by atoms with Gasteiger partial charge in [-0.25, -0.2) is 0 Å². The maximum atomic E-state index is 9.96. The van der Waals surface area contributed by atoms with Crippen molar-refractivity contribution in [3.8, 4) is 0 Å². The second kappa shape index (κ2) is 2.06. The second-order valence-electron chi connectivity index (χ2n) is 1.33. The van der Waals surface area contributed by atoms with Gasteiger partial charge in [0, 0.05) is 12.8 Å². The lowest BCUT2D eigenvalue weighted by Crippen LogP contribution is -1.93. The molecule has 48 valence electrons. The molecule has 1 aromatic heterocycles. The zero-order valence-corrected chi connectivity index (χ0v) is 5.15. The average molecular weight is 145 g/mol. The molecular formula is C3H3N3O2S. The number of hydrogen-bond donors (Lipinski definition) is 1. The van der Waals surface area contributed by atoms with Gasteiger partial charge >= 0.3 is 5.95 Å². The molecule has 0 aromatic carbocycles. The van der Waals surface area contributed by atoms with Gasteiger partial charge in [0.15, 0.2) is 0 Å². The lowest BCUT2D eigenvalue weighted by atomic mass is 11.0. The Morgan fingerprint density at radius 3 is 2.78 bits per heavy atom. The lowest BCUT2D eigenvalue weighted by Gasteiger charge is -1.89. The second-order valence-corrected chi connectivity index (χ2v) is 1.76. The molecule has 0 aliphatic heterocycles. The number of thiol groups is 1. The summed E-state index contributed by atoms with van der Waals surface area (Å²) in [7, 11) is 0. The van der Waals surface area contributed by atoms with E-state index in [1.807, 2.05) is 0 Å². The number of hydrogen-bond acceptors (Lipinski definition) is 4. The van der Waals surface area contributed by atoms with Gasteiger partial charge in [0.2, 0.25) is 0 Å². The summed E-state index contributed by atoms with van der Waals surface area (Å²) < 4.78 is 1.04. The number of aromatic nitrogens is 2. The molecule has 0 saturated heterocycles. The molecular weight excluding hydrogens is 142 g/mol. The van der Waals surface area contributed by atoms with Crippen LogP contribution in [0.5, 0.6) is 0 Å². The van der Waals surface area contributed by atoms with Gasteiger partial charge in [-0.15, -0.1) is 0 Å². The van der Waals surface area contributed by atoms with Crippen LogP contribution in [-0.4, -0.2) is 13.9 Å². The summed E-state index contributed by atoms with van der Waals surface area (Å²) in [5.41, 5.74) is 0. The topological polar surface area (TPSA) is 61.0 Å². The Morgan fingerprint density at radius 2 is 2.56 bits per heavy atom. The fourth-order valence-electron chi connectivity index (χ4n) is 0.420. The first-order valence-corrected chi connectivity index (χ1v) is 2.49. The minimum absolute atomic E-state index is 0.265. The molecule has 0 aliphatic rings. The van der Waals surface area contributed by atoms with Crippen molar-refractivity contribution in [1.29, 1.82) is 0 Å². The zero-order valence-electron chi connectivity index (χ0n) is 4.26. The van der Waals surface area contributed by atoms with Crippen LogP contribution in [-0.2, 0) is 0 Å². The molecule has 0 spiro atoms. The van der Waals surface area contributed by atoms with Crippen molar-refractivity contribution in [1.82, 2.24) is 8.96 Å². The van der Waals surface area contributed by atoms with E-state index in [0.717, 1.165) is 3.97 Å². The summed E-state index contributed by atoms with van der Waals surface area (Å²) in [5, 5.41) is 9.96. The first-order chi connectivity index (χ1) is 4.22. The summed E-state index contributed by atoms with van der Waals surface area (Å²) in [5.74, 6) is -0.265. The largest absolute Gasteiger partial charge is 0.445 e. The molecule has 1 rings (SSSR count). The van der Waals surface area contributed by atoms with E-state index in [9.17, 15) is 10.1 Å². The first kappa shape index (κ1) is 6.09. The summed E-state index contributed by atoms with van der Waals surface area (Å²) in [6, 6.07) is 0. The summed E-state index contributed by atoms with van der Waals surface area (Å²) in [4.78, 5) is 12.8. The smallest absolute Gasteiger partial charge is 0.390 e. The number of rotatable bonds is 1. The fourth-order valence-corrected chi connectivity index (χ4v) is 0.604. The maximum Gasteiger partial charge on any atom is 0.445 e. The van der Waals surface area contributed by atoms with Gasteiger partial charge in [-0.1, -0.05) is 4.98 Å². The predicted molar refractivity (Wildman–Crippen MR) is 33.3 cm³/mol. The van der Waals surface area contributed by atoms with Gasteiger partial charge in [0.1, 0.15) is 12.4 Å². The van der Waals surface area contributed by atoms with Crippen molar-refractivity contribution < 1.29 is 4.92 Å². The molecule has 9 heavy (non-hydrogen) atoms. The van der Waals surface area contributed by atoms with Crippen LogP contribution < -0.4 is 0 Å². The van der Waals surface area contributed by atoms with Gasteiger partial charge in [-0.05, 0) is 4.92 Å². The Kier molecular flexibility index (Phi) is 1.39. The molecule has 1 aromatic rings. The lowest BCUT2D eigenvalue weighted by molar-refractivity contribution is -0.394. The third-order valence-electron chi connectivity index (χ3n) is 0.766. The zero-order chi connectivity index (χ0) is 6.85. The van der Waals surface area contributed by atoms with E-state index in [1.165, 1.54) is 12.4 Å². The van der Waals surface area contributed by atoms with E-state index in [4.69, 9.17) is 0 Å². The minimum Gasteiger partial charge on any atom is -0.390 e. The van der Waals surface area contributed by atoms with Crippen LogP contribution in [0, 0.1) is 10.1 Å². The highest BCUT2D eigenvalue weighted by molar-refractivity contribution is 7.78. The molecule has 0 aliphatic carbocycles. The Morgan fingerprint density at radius 1 is 1.89 bits per heavy atom. The molecule has 0 amide bonds. The van der Waals surface area contributed by atoms with Gasteiger partial charge in [-0.2, -0.15) is 3.97 Å². The normalized spacial score (nSPS) is 9.44. The van der Waals surface area contributed by atoms with Crippen LogP contribution in [0.2, 0.25) is 0 Å². The van der Waals surface area contributed by atoms with E-state index in [-0.39, 0.29) is 5.95 Å². The quantitative estimate of drug-likeness (QED) is 0.355. The van der Waals surface area contributed by atoms with Gasteiger partial charge < -0.3 is 10.1 Å². The molecule has 0 bridgehead atoms. The van der Waals surface area contributed by atoms with Gasteiger partial charge in [0.25, 0.3) is 0 Å². The Hall–Kier alpha value is -1.04. The van der Waals surface area contributed by atoms with Crippen molar-refractivity contribution in [2.24, 2.45) is 0 Å². The molecule has 1 heterocycles. The highest BCUT2D eigenvalue weighted by Crippen LogP contribution is 2.06. The van der Waals surface area contributed by atoms with Crippen LogP contribution in [0.25, 0.3) is 0 Å². The molecule has 0 saturated carbocycles. The van der Waals surface area contributed by atoms with E-state index >= 15 is 0 Å². The maximum absolute atomic E-state index is 9.96. The van der Waals surface area contributed by atoms with E-state index in [0.29, 0.717) is 0 Å². The number of nitrogens with zero attached hydrogens (tertiary/aromatic N) is 3. The average Bonchev–Trinajstić information content (AvgIpc) is 2.13. The highest BCUT2D eigenvalue weighted by Gasteiger charge is 2.09. The molecule has 0 N–H and O–H groups in total. The van der Waals surface area contributed by atoms with E-state index in [1.54, 1.807) is 0 Å². The Labute approximate surface area is 56.0 Å². The van der Waals surface area contributed by atoms with Crippen molar-refractivity contribution >= 4 is 18.8 Å². The van der Waals surface area contributed by atoms with Crippen molar-refractivity contribution in [2.75, 3.05) is 0 Å². The molecule has 0 fully saturated rings. The van der Waals surface area contributed by atoms with Gasteiger partial charge in [-0.3, -0.25) is 0 Å². The molecule has 0 unspecified atom stereocenters. The van der Waals surface area contributed by atoms with E-state index in [2.05, 4.69) is 17.8 Å². The summed E-state index contributed by atoms with van der Waals surface area (Å²) in [6.07, 6.45) is 2.70. The van der Waals surface area contributed by atoms with E-state index < -0.39 is 4.92 Å². The van der Waals surface area contributed by atoms with Crippen LogP contribution in [0.1, 0.15) is 0 Å². The SMILES string of the molecule is O=[N+]([O-])c1nccn1S. The van der Waals surface area contributed by atoms with Crippen LogP contribution >= 0.6 is 12.8 Å². The number of imidazole rings is 1. The fraction of sp³-hybridized carbons (Fsp3) is 0. The van der Waals surface area contributed by atoms with Crippen molar-refractivity contribution in [3.63, 3.8) is 0 Å². The molecule has 5 nitrogen and oxygen atoms in total. The summed E-state index contributed by atoms with van der Waals surface area (Å²) >= 11 is 3.70. The standard InChI is InChI=1S/C3H3N3O2S/c7-6(8)3-4-1-2-5(3)9/h1-2,9H. The van der Waals surface area contributed by atoms with Crippen molar-refractivity contribution in [2.45, 2.75) is 0 Å². The first-order valence-electron chi connectivity index (χ1n) is 2.09. The monoisotopic (exact) mass is 145 g/mol. The highest BCUT2D eigenvalue weighted by atomic mass is 32.1. The van der Waals surface area contributed by atoms with Crippen LogP contribution in [0.3, 0.4) is 0 Å². The third kappa shape index (κ3) is 1.02. The molecule has 6 heteroatoms. The van der Waals surface area contributed by atoms with Gasteiger partial charge in [0.05, 0.1) is 0 Å². The third-order valence-corrected chi connectivity index (χ3v) is 1.08. The van der Waals surface area contributed by atoms with Crippen LogP contribution in [0.4, 0.5) is 5.95 Å².